The van der Waals surface area contributed by atoms with Crippen LogP contribution in [0.4, 0.5) is 0 Å². The first kappa shape index (κ1) is 14.5. The van der Waals surface area contributed by atoms with Crippen molar-refractivity contribution >= 4 is 29.2 Å². The molecule has 0 fully saturated rings. The summed E-state index contributed by atoms with van der Waals surface area (Å²) in [5.41, 5.74) is 0.327. The lowest BCUT2D eigenvalue weighted by Crippen LogP contribution is -2.02. The van der Waals surface area contributed by atoms with Gasteiger partial charge >= 0.3 is 5.97 Å². The van der Waals surface area contributed by atoms with Gasteiger partial charge in [-0.25, -0.2) is 0 Å². The van der Waals surface area contributed by atoms with Gasteiger partial charge in [0.2, 0.25) is 0 Å². The van der Waals surface area contributed by atoms with E-state index in [1.165, 1.54) is 18.2 Å². The Kier molecular flexibility index (Phi) is 4.37. The number of halogens is 2. The van der Waals surface area contributed by atoms with Crippen molar-refractivity contribution in [3.8, 4) is 17.2 Å². The van der Waals surface area contributed by atoms with Crippen molar-refractivity contribution in [2.24, 2.45) is 0 Å². The fourth-order valence-electron chi connectivity index (χ4n) is 1.66. The van der Waals surface area contributed by atoms with E-state index in [0.29, 0.717) is 15.6 Å². The summed E-state index contributed by atoms with van der Waals surface area (Å²) in [6.07, 6.45) is -0.286. The number of carboxylic acids is 1. The summed E-state index contributed by atoms with van der Waals surface area (Å²) in [5, 5.41) is 18.9. The van der Waals surface area contributed by atoms with Crippen molar-refractivity contribution < 1.29 is 19.7 Å². The largest absolute Gasteiger partial charge is 0.508 e. The molecule has 0 spiro atoms. The van der Waals surface area contributed by atoms with Crippen LogP contribution in [0.2, 0.25) is 10.0 Å². The number of aromatic hydroxyl groups is 1. The fraction of sp³-hybridized carbons (Fsp3) is 0.0714. The number of para-hydroxylation sites is 1. The highest BCUT2D eigenvalue weighted by Crippen LogP contribution is 2.37. The standard InChI is InChI=1S/C14H10Cl2O4/c15-10-2-1-3-11(16)14(10)20-12-5-4-9(17)6-8(12)7-13(18)19/h1-6,17H,7H2,(H,18,19). The van der Waals surface area contributed by atoms with Gasteiger partial charge in [0.15, 0.2) is 5.75 Å². The van der Waals surface area contributed by atoms with E-state index in [-0.39, 0.29) is 23.7 Å². The summed E-state index contributed by atoms with van der Waals surface area (Å²) in [6, 6.07) is 9.08. The molecule has 4 nitrogen and oxygen atoms in total. The van der Waals surface area contributed by atoms with Crippen LogP contribution in [-0.4, -0.2) is 16.2 Å². The molecule has 20 heavy (non-hydrogen) atoms. The molecule has 0 saturated heterocycles. The van der Waals surface area contributed by atoms with Gasteiger partial charge in [-0.15, -0.1) is 0 Å². The maximum atomic E-state index is 10.8. The van der Waals surface area contributed by atoms with Crippen LogP contribution in [-0.2, 0) is 11.2 Å². The minimum Gasteiger partial charge on any atom is -0.508 e. The molecule has 2 aromatic rings. The lowest BCUT2D eigenvalue weighted by Gasteiger charge is -2.12. The predicted molar refractivity (Wildman–Crippen MR) is 76.0 cm³/mol. The molecule has 6 heteroatoms. The van der Waals surface area contributed by atoms with E-state index in [9.17, 15) is 9.90 Å². The Balaban J connectivity index is 2.40. The summed E-state index contributed by atoms with van der Waals surface area (Å²) >= 11 is 12.0. The molecular formula is C14H10Cl2O4. The molecule has 2 aromatic carbocycles. The Morgan fingerprint density at radius 2 is 1.80 bits per heavy atom. The van der Waals surface area contributed by atoms with E-state index < -0.39 is 5.97 Å². The Hall–Kier alpha value is -1.91. The normalized spacial score (nSPS) is 10.3. The molecular weight excluding hydrogens is 303 g/mol. The van der Waals surface area contributed by atoms with Gasteiger partial charge < -0.3 is 14.9 Å². The van der Waals surface area contributed by atoms with Gasteiger partial charge in [0.25, 0.3) is 0 Å². The third kappa shape index (κ3) is 3.35. The molecule has 0 saturated carbocycles. The van der Waals surface area contributed by atoms with Crippen LogP contribution < -0.4 is 4.74 Å². The molecule has 0 aromatic heterocycles. The van der Waals surface area contributed by atoms with E-state index in [4.69, 9.17) is 33.0 Å². The molecule has 0 aliphatic carbocycles. The SMILES string of the molecule is O=C(O)Cc1cc(O)ccc1Oc1c(Cl)cccc1Cl. The van der Waals surface area contributed by atoms with Gasteiger partial charge in [-0.2, -0.15) is 0 Å². The number of carbonyl (C=O) groups is 1. The lowest BCUT2D eigenvalue weighted by atomic mass is 10.1. The number of ether oxygens (including phenoxy) is 1. The predicted octanol–water partition coefficient (Wildman–Crippen LogP) is 4.12. The third-order valence-electron chi connectivity index (χ3n) is 2.52. The Morgan fingerprint density at radius 1 is 1.15 bits per heavy atom. The number of hydrogen-bond donors (Lipinski definition) is 2. The number of carboxylic acid groups (broad SMARTS) is 1. The maximum Gasteiger partial charge on any atom is 0.307 e. The van der Waals surface area contributed by atoms with Crippen molar-refractivity contribution in [2.45, 2.75) is 6.42 Å². The van der Waals surface area contributed by atoms with Crippen LogP contribution in [0.5, 0.6) is 17.2 Å². The minimum absolute atomic E-state index is 0.0427. The molecule has 0 unspecified atom stereocenters. The number of phenols is 1. The first-order chi connectivity index (χ1) is 9.47. The summed E-state index contributed by atoms with van der Waals surface area (Å²) < 4.78 is 5.59. The van der Waals surface area contributed by atoms with E-state index in [1.54, 1.807) is 18.2 Å². The second-order valence-corrected chi connectivity index (χ2v) is 4.83. The number of aliphatic carboxylic acids is 1. The second kappa shape index (κ2) is 6.03. The molecule has 0 heterocycles. The smallest absolute Gasteiger partial charge is 0.307 e. The Bertz CT molecular complexity index is 635. The van der Waals surface area contributed by atoms with Crippen LogP contribution in [0.3, 0.4) is 0 Å². The van der Waals surface area contributed by atoms with Crippen LogP contribution >= 0.6 is 23.2 Å². The first-order valence-electron chi connectivity index (χ1n) is 5.63. The molecule has 0 aliphatic rings. The highest BCUT2D eigenvalue weighted by atomic mass is 35.5. The average molecular weight is 313 g/mol. The topological polar surface area (TPSA) is 66.8 Å². The zero-order chi connectivity index (χ0) is 14.7. The van der Waals surface area contributed by atoms with Gasteiger partial charge in [0, 0.05) is 5.56 Å². The molecule has 0 bridgehead atoms. The second-order valence-electron chi connectivity index (χ2n) is 4.02. The quantitative estimate of drug-likeness (QED) is 0.891. The maximum absolute atomic E-state index is 10.8. The van der Waals surface area contributed by atoms with Crippen LogP contribution in [0.25, 0.3) is 0 Å². The summed E-state index contributed by atoms with van der Waals surface area (Å²) in [7, 11) is 0. The van der Waals surface area contributed by atoms with Crippen molar-refractivity contribution in [3.05, 3.63) is 52.0 Å². The summed E-state index contributed by atoms with van der Waals surface area (Å²) in [5.74, 6) is -0.557. The van der Waals surface area contributed by atoms with Crippen LogP contribution in [0.1, 0.15) is 5.56 Å². The molecule has 0 radical (unpaired) electrons. The van der Waals surface area contributed by atoms with Gasteiger partial charge in [0.05, 0.1) is 16.5 Å². The summed E-state index contributed by atoms with van der Waals surface area (Å²) in [6.45, 7) is 0. The molecule has 2 N–H and O–H groups in total. The van der Waals surface area contributed by atoms with E-state index in [2.05, 4.69) is 0 Å². The first-order valence-corrected chi connectivity index (χ1v) is 6.38. The van der Waals surface area contributed by atoms with E-state index >= 15 is 0 Å². The van der Waals surface area contributed by atoms with Crippen LogP contribution in [0.15, 0.2) is 36.4 Å². The van der Waals surface area contributed by atoms with Crippen molar-refractivity contribution in [2.75, 3.05) is 0 Å². The van der Waals surface area contributed by atoms with E-state index in [0.717, 1.165) is 0 Å². The van der Waals surface area contributed by atoms with Gasteiger partial charge in [0.1, 0.15) is 11.5 Å². The average Bonchev–Trinajstić information content (AvgIpc) is 2.35. The van der Waals surface area contributed by atoms with Gasteiger partial charge in [-0.3, -0.25) is 4.79 Å². The van der Waals surface area contributed by atoms with Crippen LogP contribution in [0, 0.1) is 0 Å². The zero-order valence-electron chi connectivity index (χ0n) is 10.1. The van der Waals surface area contributed by atoms with E-state index in [1.807, 2.05) is 0 Å². The molecule has 0 atom stereocenters. The lowest BCUT2D eigenvalue weighted by molar-refractivity contribution is -0.136. The fourth-order valence-corrected chi connectivity index (χ4v) is 2.13. The van der Waals surface area contributed by atoms with Gasteiger partial charge in [-0.1, -0.05) is 29.3 Å². The number of benzene rings is 2. The zero-order valence-corrected chi connectivity index (χ0v) is 11.6. The number of phenolic OH excluding ortho intramolecular Hbond substituents is 1. The van der Waals surface area contributed by atoms with Crippen molar-refractivity contribution in [1.29, 1.82) is 0 Å². The third-order valence-corrected chi connectivity index (χ3v) is 3.11. The minimum atomic E-state index is -1.04. The molecule has 104 valence electrons. The van der Waals surface area contributed by atoms with Gasteiger partial charge in [-0.05, 0) is 30.3 Å². The summed E-state index contributed by atoms with van der Waals surface area (Å²) in [4.78, 5) is 10.8. The molecule has 0 aliphatic heterocycles. The number of hydrogen-bond acceptors (Lipinski definition) is 3. The Labute approximate surface area is 125 Å². The monoisotopic (exact) mass is 312 g/mol. The molecule has 2 rings (SSSR count). The highest BCUT2D eigenvalue weighted by Gasteiger charge is 2.13. The molecule has 0 amide bonds. The Morgan fingerprint density at radius 3 is 2.40 bits per heavy atom. The number of rotatable bonds is 4. The van der Waals surface area contributed by atoms with Crippen molar-refractivity contribution in [1.82, 2.24) is 0 Å². The van der Waals surface area contributed by atoms with Crippen molar-refractivity contribution in [3.63, 3.8) is 0 Å². The highest BCUT2D eigenvalue weighted by molar-refractivity contribution is 6.37.